The molecular weight excluding hydrogens is 367 g/mol. The first-order chi connectivity index (χ1) is 10.7. The van der Waals surface area contributed by atoms with Gasteiger partial charge in [-0.1, -0.05) is 18.2 Å². The van der Waals surface area contributed by atoms with Crippen LogP contribution in [0.15, 0.2) is 41.8 Å². The third-order valence-electron chi connectivity index (χ3n) is 3.79. The number of hydrogen-bond acceptors (Lipinski definition) is 5. The van der Waals surface area contributed by atoms with Gasteiger partial charge in [0.15, 0.2) is 0 Å². The minimum Gasteiger partial charge on any atom is -0.427 e. The van der Waals surface area contributed by atoms with Crippen molar-refractivity contribution in [1.82, 2.24) is 10.2 Å². The van der Waals surface area contributed by atoms with Crippen molar-refractivity contribution in [3.8, 4) is 5.75 Å². The van der Waals surface area contributed by atoms with Crippen LogP contribution >= 0.6 is 36.2 Å². The van der Waals surface area contributed by atoms with E-state index in [1.54, 1.807) is 11.3 Å². The predicted octanol–water partition coefficient (Wildman–Crippen LogP) is 3.51. The Morgan fingerprint density at radius 2 is 1.83 bits per heavy atom. The molecule has 1 aromatic carbocycles. The van der Waals surface area contributed by atoms with Gasteiger partial charge in [-0.2, -0.15) is 0 Å². The molecule has 3 rings (SSSR count). The first kappa shape index (κ1) is 20.9. The Balaban J connectivity index is 0.00000144. The molecule has 0 unspecified atom stereocenters. The molecule has 1 aliphatic rings. The second-order valence-electron chi connectivity index (χ2n) is 5.37. The Labute approximate surface area is 159 Å². The van der Waals surface area contributed by atoms with Crippen LogP contribution in [0.1, 0.15) is 23.4 Å². The standard InChI is InChI=1S/C17H20N2O2S.2ClH/c1-13(20)21-15-6-4-14(5-7-15)17(16-3-2-12-22-16)19-10-8-18-9-11-19;;/h2-7,12,17-18H,8-11H2,1H3;2*1H/t17-;;/m0../s1. The molecule has 0 aliphatic carbocycles. The zero-order valence-corrected chi connectivity index (χ0v) is 15.9. The largest absolute Gasteiger partial charge is 0.427 e. The molecule has 1 saturated heterocycles. The van der Waals surface area contributed by atoms with E-state index in [0.717, 1.165) is 26.2 Å². The molecule has 7 heteroatoms. The number of piperazine rings is 1. The molecule has 1 atom stereocenters. The van der Waals surface area contributed by atoms with Crippen LogP contribution in [0.2, 0.25) is 0 Å². The van der Waals surface area contributed by atoms with Gasteiger partial charge in [-0.05, 0) is 29.1 Å². The Hall–Kier alpha value is -1.11. The number of ether oxygens (including phenoxy) is 1. The van der Waals surface area contributed by atoms with Crippen molar-refractivity contribution in [1.29, 1.82) is 0 Å². The highest BCUT2D eigenvalue weighted by atomic mass is 35.5. The van der Waals surface area contributed by atoms with E-state index in [1.165, 1.54) is 17.4 Å². The Morgan fingerprint density at radius 3 is 2.38 bits per heavy atom. The quantitative estimate of drug-likeness (QED) is 0.642. The number of thiophene rings is 1. The molecule has 2 heterocycles. The summed E-state index contributed by atoms with van der Waals surface area (Å²) in [7, 11) is 0. The molecule has 1 N–H and O–H groups in total. The summed E-state index contributed by atoms with van der Waals surface area (Å²) in [5, 5.41) is 5.52. The zero-order chi connectivity index (χ0) is 15.4. The van der Waals surface area contributed by atoms with Crippen LogP contribution in [-0.2, 0) is 4.79 Å². The van der Waals surface area contributed by atoms with Gasteiger partial charge in [0.25, 0.3) is 0 Å². The van der Waals surface area contributed by atoms with Gasteiger partial charge < -0.3 is 10.1 Å². The number of hydrogen-bond donors (Lipinski definition) is 1. The van der Waals surface area contributed by atoms with Gasteiger partial charge in [0.2, 0.25) is 0 Å². The SMILES string of the molecule is CC(=O)Oc1ccc([C@@H](c2cccs2)N2CCNCC2)cc1.Cl.Cl. The smallest absolute Gasteiger partial charge is 0.308 e. The lowest BCUT2D eigenvalue weighted by Crippen LogP contribution is -2.45. The monoisotopic (exact) mass is 388 g/mol. The molecule has 0 radical (unpaired) electrons. The fraction of sp³-hybridized carbons (Fsp3) is 0.353. The van der Waals surface area contributed by atoms with Gasteiger partial charge in [-0.15, -0.1) is 36.2 Å². The van der Waals surface area contributed by atoms with Crippen molar-refractivity contribution in [2.24, 2.45) is 0 Å². The number of carbonyl (C=O) groups excluding carboxylic acids is 1. The molecule has 24 heavy (non-hydrogen) atoms. The first-order valence-corrected chi connectivity index (χ1v) is 8.38. The average Bonchev–Trinajstić information content (AvgIpc) is 3.04. The van der Waals surface area contributed by atoms with Gasteiger partial charge >= 0.3 is 5.97 Å². The third kappa shape index (κ3) is 5.19. The molecule has 0 spiro atoms. The molecular formula is C17H22Cl2N2O2S. The first-order valence-electron chi connectivity index (χ1n) is 7.50. The van der Waals surface area contributed by atoms with E-state index in [-0.39, 0.29) is 36.8 Å². The summed E-state index contributed by atoms with van der Waals surface area (Å²) in [5.41, 5.74) is 1.24. The number of carbonyl (C=O) groups is 1. The maximum atomic E-state index is 11.0. The molecule has 1 aromatic heterocycles. The molecule has 4 nitrogen and oxygen atoms in total. The van der Waals surface area contributed by atoms with Crippen molar-refractivity contribution in [3.63, 3.8) is 0 Å². The number of halogens is 2. The number of esters is 1. The topological polar surface area (TPSA) is 41.6 Å². The third-order valence-corrected chi connectivity index (χ3v) is 4.71. The van der Waals surface area contributed by atoms with Gasteiger partial charge in [0, 0.05) is 38.0 Å². The summed E-state index contributed by atoms with van der Waals surface area (Å²) in [6.07, 6.45) is 0. The molecule has 1 aliphatic heterocycles. The van der Waals surface area contributed by atoms with Crippen LogP contribution in [-0.4, -0.2) is 37.0 Å². The molecule has 0 amide bonds. The number of nitrogens with one attached hydrogen (secondary N) is 1. The van der Waals surface area contributed by atoms with Crippen LogP contribution in [0, 0.1) is 0 Å². The van der Waals surface area contributed by atoms with Crippen molar-refractivity contribution < 1.29 is 9.53 Å². The Bertz CT molecular complexity index is 614. The highest BCUT2D eigenvalue weighted by Gasteiger charge is 2.24. The summed E-state index contributed by atoms with van der Waals surface area (Å²) in [6.45, 7) is 5.53. The minimum atomic E-state index is -0.287. The highest BCUT2D eigenvalue weighted by Crippen LogP contribution is 2.32. The summed E-state index contributed by atoms with van der Waals surface area (Å²) < 4.78 is 5.13. The fourth-order valence-electron chi connectivity index (χ4n) is 2.83. The zero-order valence-electron chi connectivity index (χ0n) is 13.4. The van der Waals surface area contributed by atoms with Gasteiger partial charge in [-0.25, -0.2) is 0 Å². The molecule has 1 fully saturated rings. The van der Waals surface area contributed by atoms with Crippen LogP contribution in [0.4, 0.5) is 0 Å². The van der Waals surface area contributed by atoms with E-state index in [0.29, 0.717) is 5.75 Å². The Kier molecular flexibility index (Phi) is 8.73. The van der Waals surface area contributed by atoms with Crippen LogP contribution in [0.25, 0.3) is 0 Å². The molecule has 0 bridgehead atoms. The number of rotatable bonds is 4. The van der Waals surface area contributed by atoms with Crippen molar-refractivity contribution in [2.45, 2.75) is 13.0 Å². The minimum absolute atomic E-state index is 0. The maximum Gasteiger partial charge on any atom is 0.308 e. The highest BCUT2D eigenvalue weighted by molar-refractivity contribution is 7.10. The summed E-state index contributed by atoms with van der Waals surface area (Å²) >= 11 is 1.79. The predicted molar refractivity (Wildman–Crippen MR) is 103 cm³/mol. The van der Waals surface area contributed by atoms with E-state index < -0.39 is 0 Å². The van der Waals surface area contributed by atoms with Crippen LogP contribution in [0.5, 0.6) is 5.75 Å². The van der Waals surface area contributed by atoms with Gasteiger partial charge in [0.1, 0.15) is 5.75 Å². The molecule has 2 aromatic rings. The lowest BCUT2D eigenvalue weighted by atomic mass is 10.0. The van der Waals surface area contributed by atoms with Gasteiger partial charge in [-0.3, -0.25) is 9.69 Å². The molecule has 0 saturated carbocycles. The van der Waals surface area contributed by atoms with Crippen molar-refractivity contribution in [3.05, 3.63) is 52.2 Å². The lowest BCUT2D eigenvalue weighted by molar-refractivity contribution is -0.131. The second-order valence-corrected chi connectivity index (χ2v) is 6.35. The van der Waals surface area contributed by atoms with Crippen LogP contribution in [0.3, 0.4) is 0 Å². The Morgan fingerprint density at radius 1 is 1.17 bits per heavy atom. The number of benzene rings is 1. The normalized spacial score (nSPS) is 15.7. The number of nitrogens with zero attached hydrogens (tertiary/aromatic N) is 1. The van der Waals surface area contributed by atoms with E-state index in [9.17, 15) is 4.79 Å². The van der Waals surface area contributed by atoms with E-state index >= 15 is 0 Å². The summed E-state index contributed by atoms with van der Waals surface area (Å²) in [6, 6.07) is 12.4. The summed E-state index contributed by atoms with van der Waals surface area (Å²) in [4.78, 5) is 14.9. The average molecular weight is 389 g/mol. The van der Waals surface area contributed by atoms with Crippen molar-refractivity contribution in [2.75, 3.05) is 26.2 Å². The van der Waals surface area contributed by atoms with Gasteiger partial charge in [0.05, 0.1) is 6.04 Å². The van der Waals surface area contributed by atoms with Crippen LogP contribution < -0.4 is 10.1 Å². The molecule has 132 valence electrons. The fourth-order valence-corrected chi connectivity index (χ4v) is 3.71. The van der Waals surface area contributed by atoms with E-state index in [2.05, 4.69) is 39.9 Å². The summed E-state index contributed by atoms with van der Waals surface area (Å²) in [5.74, 6) is 0.311. The van der Waals surface area contributed by atoms with E-state index in [4.69, 9.17) is 4.74 Å². The van der Waals surface area contributed by atoms with Crippen molar-refractivity contribution >= 4 is 42.1 Å². The van der Waals surface area contributed by atoms with E-state index in [1.807, 2.05) is 12.1 Å². The second kappa shape index (κ2) is 10.0. The lowest BCUT2D eigenvalue weighted by Gasteiger charge is -2.34. The maximum absolute atomic E-state index is 11.0.